The van der Waals surface area contributed by atoms with Gasteiger partial charge in [-0.1, -0.05) is 23.4 Å². The molecule has 0 aliphatic rings. The van der Waals surface area contributed by atoms with Gasteiger partial charge < -0.3 is 29.9 Å². The SMILES string of the molecule is NCCCCCO/N=C/c1cccc(COCCOCCOCCO)c1. The molecule has 0 fully saturated rings. The fourth-order valence-corrected chi connectivity index (χ4v) is 2.10. The van der Waals surface area contributed by atoms with E-state index in [1.807, 2.05) is 24.3 Å². The molecule has 1 aromatic carbocycles. The molecule has 3 N–H and O–H groups in total. The second-order valence-corrected chi connectivity index (χ2v) is 5.66. The van der Waals surface area contributed by atoms with Crippen molar-refractivity contribution in [1.29, 1.82) is 0 Å². The van der Waals surface area contributed by atoms with Crippen LogP contribution in [0.4, 0.5) is 0 Å². The van der Waals surface area contributed by atoms with Gasteiger partial charge in [0.05, 0.1) is 52.5 Å². The third-order valence-electron chi connectivity index (χ3n) is 3.42. The molecule has 0 radical (unpaired) electrons. The minimum atomic E-state index is 0.0355. The molecule has 7 nitrogen and oxygen atoms in total. The molecule has 0 unspecified atom stereocenters. The van der Waals surface area contributed by atoms with Crippen molar-refractivity contribution in [3.63, 3.8) is 0 Å². The second kappa shape index (κ2) is 16.9. The molecule has 0 atom stereocenters. The molecule has 7 heteroatoms. The molecule has 0 heterocycles. The van der Waals surface area contributed by atoms with Gasteiger partial charge in [-0.2, -0.15) is 0 Å². The number of aliphatic hydroxyl groups is 1. The van der Waals surface area contributed by atoms with Crippen molar-refractivity contribution in [3.8, 4) is 0 Å². The van der Waals surface area contributed by atoms with E-state index in [0.29, 0.717) is 46.2 Å². The van der Waals surface area contributed by atoms with Gasteiger partial charge in [0.15, 0.2) is 0 Å². The van der Waals surface area contributed by atoms with Gasteiger partial charge in [-0.3, -0.25) is 0 Å². The molecule has 26 heavy (non-hydrogen) atoms. The number of nitrogens with zero attached hydrogens (tertiary/aromatic N) is 1. The molecule has 0 saturated heterocycles. The number of aliphatic hydroxyl groups excluding tert-OH is 1. The summed E-state index contributed by atoms with van der Waals surface area (Å²) in [5, 5.41) is 12.5. The van der Waals surface area contributed by atoms with Crippen LogP contribution in [-0.4, -0.2) is 64.1 Å². The fourth-order valence-electron chi connectivity index (χ4n) is 2.10. The first-order valence-corrected chi connectivity index (χ1v) is 9.15. The first-order chi connectivity index (χ1) is 12.9. The third kappa shape index (κ3) is 12.8. The Hall–Kier alpha value is -1.51. The van der Waals surface area contributed by atoms with Crippen molar-refractivity contribution in [2.75, 3.05) is 52.8 Å². The molecule has 0 aliphatic carbocycles. The Bertz CT molecular complexity index is 471. The van der Waals surface area contributed by atoms with Gasteiger partial charge in [-0.15, -0.1) is 0 Å². The van der Waals surface area contributed by atoms with E-state index in [4.69, 9.17) is 29.9 Å². The molecule has 0 amide bonds. The van der Waals surface area contributed by atoms with Gasteiger partial charge in [0.25, 0.3) is 0 Å². The second-order valence-electron chi connectivity index (χ2n) is 5.66. The Kier molecular flexibility index (Phi) is 14.7. The Morgan fingerprint density at radius 1 is 0.923 bits per heavy atom. The zero-order valence-electron chi connectivity index (χ0n) is 15.5. The van der Waals surface area contributed by atoms with Crippen LogP contribution in [0.3, 0.4) is 0 Å². The largest absolute Gasteiger partial charge is 0.396 e. The Balaban J connectivity index is 2.10. The van der Waals surface area contributed by atoms with E-state index in [2.05, 4.69) is 5.16 Å². The number of rotatable bonds is 17. The maximum atomic E-state index is 8.56. The van der Waals surface area contributed by atoms with E-state index in [9.17, 15) is 0 Å². The molecule has 1 rings (SSSR count). The quantitative estimate of drug-likeness (QED) is 0.247. The summed E-state index contributed by atoms with van der Waals surface area (Å²) >= 11 is 0. The fraction of sp³-hybridized carbons (Fsp3) is 0.632. The summed E-state index contributed by atoms with van der Waals surface area (Å²) in [6.07, 6.45) is 4.77. The average Bonchev–Trinajstić information content (AvgIpc) is 2.66. The van der Waals surface area contributed by atoms with E-state index in [-0.39, 0.29) is 6.61 Å². The highest BCUT2D eigenvalue weighted by atomic mass is 16.6. The number of hydrogen-bond acceptors (Lipinski definition) is 7. The summed E-state index contributed by atoms with van der Waals surface area (Å²) in [7, 11) is 0. The van der Waals surface area contributed by atoms with Gasteiger partial charge in [-0.25, -0.2) is 0 Å². The molecule has 0 spiro atoms. The van der Waals surface area contributed by atoms with Gasteiger partial charge in [0.1, 0.15) is 6.61 Å². The molecule has 0 saturated carbocycles. The zero-order chi connectivity index (χ0) is 18.7. The highest BCUT2D eigenvalue weighted by molar-refractivity contribution is 5.79. The first kappa shape index (κ1) is 22.5. The lowest BCUT2D eigenvalue weighted by Gasteiger charge is -2.07. The van der Waals surface area contributed by atoms with E-state index in [1.54, 1.807) is 6.21 Å². The normalized spacial score (nSPS) is 11.3. The van der Waals surface area contributed by atoms with Crippen LogP contribution in [0.1, 0.15) is 30.4 Å². The molecule has 1 aromatic rings. The number of nitrogens with two attached hydrogens (primary N) is 1. The molecule has 0 aliphatic heterocycles. The maximum absolute atomic E-state index is 8.56. The van der Waals surface area contributed by atoms with Gasteiger partial charge >= 0.3 is 0 Å². The summed E-state index contributed by atoms with van der Waals surface area (Å²) in [5.74, 6) is 0. The van der Waals surface area contributed by atoms with Crippen LogP contribution >= 0.6 is 0 Å². The number of ether oxygens (including phenoxy) is 3. The van der Waals surface area contributed by atoms with Crippen LogP contribution in [0.15, 0.2) is 29.4 Å². The van der Waals surface area contributed by atoms with Gasteiger partial charge in [0.2, 0.25) is 0 Å². The summed E-state index contributed by atoms with van der Waals surface area (Å²) < 4.78 is 16.1. The monoisotopic (exact) mass is 368 g/mol. The summed E-state index contributed by atoms with van der Waals surface area (Å²) in [5.41, 5.74) is 7.49. The third-order valence-corrected chi connectivity index (χ3v) is 3.42. The Morgan fingerprint density at radius 2 is 1.69 bits per heavy atom. The van der Waals surface area contributed by atoms with Crippen LogP contribution in [0, 0.1) is 0 Å². The van der Waals surface area contributed by atoms with Crippen LogP contribution in [-0.2, 0) is 25.7 Å². The molecule has 0 aromatic heterocycles. The molecular formula is C19H32N2O5. The van der Waals surface area contributed by atoms with Crippen LogP contribution in [0.2, 0.25) is 0 Å². The number of unbranched alkanes of at least 4 members (excludes halogenated alkanes) is 2. The zero-order valence-corrected chi connectivity index (χ0v) is 15.5. The molecular weight excluding hydrogens is 336 g/mol. The summed E-state index contributed by atoms with van der Waals surface area (Å²) in [6.45, 7) is 4.26. The average molecular weight is 368 g/mol. The Morgan fingerprint density at radius 3 is 2.46 bits per heavy atom. The lowest BCUT2D eigenvalue weighted by Crippen LogP contribution is -2.10. The van der Waals surface area contributed by atoms with Crippen molar-refractivity contribution < 1.29 is 24.2 Å². The van der Waals surface area contributed by atoms with Crippen molar-refractivity contribution in [2.45, 2.75) is 25.9 Å². The lowest BCUT2D eigenvalue weighted by atomic mass is 10.1. The number of oxime groups is 1. The van der Waals surface area contributed by atoms with E-state index >= 15 is 0 Å². The highest BCUT2D eigenvalue weighted by Crippen LogP contribution is 2.05. The molecule has 148 valence electrons. The van der Waals surface area contributed by atoms with Crippen LogP contribution < -0.4 is 5.73 Å². The maximum Gasteiger partial charge on any atom is 0.117 e. The minimum absolute atomic E-state index is 0.0355. The number of benzene rings is 1. The summed E-state index contributed by atoms with van der Waals surface area (Å²) in [6, 6.07) is 7.97. The summed E-state index contributed by atoms with van der Waals surface area (Å²) in [4.78, 5) is 5.24. The van der Waals surface area contributed by atoms with Crippen molar-refractivity contribution in [1.82, 2.24) is 0 Å². The van der Waals surface area contributed by atoms with Gasteiger partial charge in [-0.05, 0) is 43.0 Å². The highest BCUT2D eigenvalue weighted by Gasteiger charge is 1.96. The number of hydrogen-bond donors (Lipinski definition) is 2. The van der Waals surface area contributed by atoms with Crippen molar-refractivity contribution >= 4 is 6.21 Å². The van der Waals surface area contributed by atoms with Crippen LogP contribution in [0.5, 0.6) is 0 Å². The van der Waals surface area contributed by atoms with E-state index in [0.717, 1.165) is 36.9 Å². The molecule has 0 bridgehead atoms. The Labute approximate surface area is 156 Å². The lowest BCUT2D eigenvalue weighted by molar-refractivity contribution is 0.00450. The predicted octanol–water partition coefficient (Wildman–Crippen LogP) is 1.71. The topological polar surface area (TPSA) is 95.5 Å². The van der Waals surface area contributed by atoms with Gasteiger partial charge in [0, 0.05) is 0 Å². The standard InChI is InChI=1S/C19H32N2O5/c20-7-2-1-3-9-26-21-16-18-5-4-6-19(15-18)17-25-14-13-24-12-11-23-10-8-22/h4-6,15-16,22H,1-3,7-14,17,20H2/b21-16+. The minimum Gasteiger partial charge on any atom is -0.396 e. The first-order valence-electron chi connectivity index (χ1n) is 9.15. The van der Waals surface area contributed by atoms with E-state index in [1.165, 1.54) is 0 Å². The smallest absolute Gasteiger partial charge is 0.117 e. The van der Waals surface area contributed by atoms with Crippen molar-refractivity contribution in [2.24, 2.45) is 10.9 Å². The van der Waals surface area contributed by atoms with E-state index < -0.39 is 0 Å². The predicted molar refractivity (Wildman–Crippen MR) is 101 cm³/mol. The van der Waals surface area contributed by atoms with Crippen LogP contribution in [0.25, 0.3) is 0 Å². The van der Waals surface area contributed by atoms with Crippen molar-refractivity contribution in [3.05, 3.63) is 35.4 Å².